The third kappa shape index (κ3) is 7.44. The number of carbonyl (C=O) groups is 1. The Balaban J connectivity index is 1.74. The number of aromatic nitrogens is 3. The van der Waals surface area contributed by atoms with Crippen LogP contribution in [0.2, 0.25) is 0 Å². The number of piperidine rings is 1. The van der Waals surface area contributed by atoms with Crippen LogP contribution in [0.1, 0.15) is 37.9 Å². The summed E-state index contributed by atoms with van der Waals surface area (Å²) in [5.41, 5.74) is 4.54. The number of likely N-dealkylation sites (tertiary alicyclic amines) is 1. The third-order valence-corrected chi connectivity index (χ3v) is 6.09. The molecule has 35 heavy (non-hydrogen) atoms. The standard InChI is InChI=1S/C28H34BN5O/c1-5-6-9-21(2)12-13-28(35)33-15-8-11-25(20-33)22(3)16-27(34-23(4)26(29)19-32-34)31-18-24-10-7-14-30-17-24/h5-7,9-10,12-14,16-17,19,25,31H,3,8,11,15,18,20H2,1-2,4H3/b6-5-,13-12+,21-9+,27-16-. The van der Waals surface area contributed by atoms with Crippen LogP contribution in [-0.2, 0) is 11.3 Å². The molecule has 2 aromatic rings. The first-order chi connectivity index (χ1) is 16.9. The zero-order valence-electron chi connectivity index (χ0n) is 20.9. The summed E-state index contributed by atoms with van der Waals surface area (Å²) in [6.07, 6.45) is 18.6. The van der Waals surface area contributed by atoms with Gasteiger partial charge in [-0.3, -0.25) is 9.78 Å². The van der Waals surface area contributed by atoms with Crippen LogP contribution in [0.15, 0.2) is 84.9 Å². The molecule has 2 radical (unpaired) electrons. The van der Waals surface area contributed by atoms with Gasteiger partial charge in [0, 0.05) is 55.9 Å². The van der Waals surface area contributed by atoms with E-state index in [1.54, 1.807) is 23.2 Å². The molecule has 0 bridgehead atoms. The second-order valence-electron chi connectivity index (χ2n) is 8.81. The van der Waals surface area contributed by atoms with Gasteiger partial charge in [0.15, 0.2) is 0 Å². The lowest BCUT2D eigenvalue weighted by Gasteiger charge is -2.32. The Bertz CT molecular complexity index is 1140. The highest BCUT2D eigenvalue weighted by Crippen LogP contribution is 2.25. The van der Waals surface area contributed by atoms with Crippen LogP contribution in [0, 0.1) is 12.8 Å². The minimum atomic E-state index is 0.0327. The van der Waals surface area contributed by atoms with Crippen molar-refractivity contribution >= 4 is 25.0 Å². The Morgan fingerprint density at radius 1 is 1.34 bits per heavy atom. The number of nitrogens with one attached hydrogen (secondary N) is 1. The Kier molecular flexibility index (Phi) is 9.47. The molecule has 1 aliphatic heterocycles. The Morgan fingerprint density at radius 3 is 2.86 bits per heavy atom. The lowest BCUT2D eigenvalue weighted by molar-refractivity contribution is -0.127. The van der Waals surface area contributed by atoms with E-state index < -0.39 is 0 Å². The number of allylic oxidation sites excluding steroid dienone is 6. The van der Waals surface area contributed by atoms with Crippen LogP contribution >= 0.6 is 0 Å². The molecule has 1 unspecified atom stereocenters. The topological polar surface area (TPSA) is 63.1 Å². The van der Waals surface area contributed by atoms with Gasteiger partial charge in [-0.25, -0.2) is 4.68 Å². The number of hydrogen-bond acceptors (Lipinski definition) is 4. The average Bonchev–Trinajstić information content (AvgIpc) is 3.22. The van der Waals surface area contributed by atoms with Crippen molar-refractivity contribution in [1.82, 2.24) is 25.0 Å². The van der Waals surface area contributed by atoms with Crippen molar-refractivity contribution in [2.75, 3.05) is 13.1 Å². The van der Waals surface area contributed by atoms with Gasteiger partial charge >= 0.3 is 0 Å². The van der Waals surface area contributed by atoms with Crippen LogP contribution in [0.5, 0.6) is 0 Å². The van der Waals surface area contributed by atoms with Gasteiger partial charge in [-0.2, -0.15) is 5.10 Å². The molecule has 1 aliphatic rings. The van der Waals surface area contributed by atoms with E-state index in [0.717, 1.165) is 47.6 Å². The summed E-state index contributed by atoms with van der Waals surface area (Å²) in [6.45, 7) is 12.2. The summed E-state index contributed by atoms with van der Waals surface area (Å²) < 4.78 is 1.80. The summed E-state index contributed by atoms with van der Waals surface area (Å²) in [7, 11) is 6.06. The van der Waals surface area contributed by atoms with Crippen molar-refractivity contribution in [2.24, 2.45) is 5.92 Å². The minimum absolute atomic E-state index is 0.0327. The normalized spacial score (nSPS) is 17.3. The lowest BCUT2D eigenvalue weighted by atomic mass is 9.91. The van der Waals surface area contributed by atoms with Gasteiger partial charge in [0.1, 0.15) is 13.7 Å². The summed E-state index contributed by atoms with van der Waals surface area (Å²) in [5.74, 6) is 0.996. The number of pyridine rings is 1. The number of nitrogens with zero attached hydrogens (tertiary/aromatic N) is 4. The first kappa shape index (κ1) is 26.0. The van der Waals surface area contributed by atoms with Gasteiger partial charge in [-0.15, -0.1) is 0 Å². The van der Waals surface area contributed by atoms with Crippen LogP contribution in [0.3, 0.4) is 0 Å². The summed E-state index contributed by atoms with van der Waals surface area (Å²) in [6, 6.07) is 3.93. The molecular weight excluding hydrogens is 433 g/mol. The molecule has 0 saturated carbocycles. The highest BCUT2D eigenvalue weighted by Gasteiger charge is 2.24. The SMILES string of the molecule is [B]c1cnn(/C(=C\C(=C)C2CCCN(C(=O)/C=C/C(C)=C/C=C\C)C2)NCc2cccnc2)c1C. The van der Waals surface area contributed by atoms with Crippen molar-refractivity contribution < 1.29 is 4.79 Å². The van der Waals surface area contributed by atoms with E-state index in [1.165, 1.54) is 0 Å². The average molecular weight is 467 g/mol. The lowest BCUT2D eigenvalue weighted by Crippen LogP contribution is -2.39. The monoisotopic (exact) mass is 467 g/mol. The third-order valence-electron chi connectivity index (χ3n) is 6.09. The fraction of sp³-hybridized carbons (Fsp3) is 0.321. The van der Waals surface area contributed by atoms with E-state index in [4.69, 9.17) is 7.85 Å². The van der Waals surface area contributed by atoms with Crippen LogP contribution < -0.4 is 10.8 Å². The van der Waals surface area contributed by atoms with Gasteiger partial charge in [-0.05, 0) is 56.9 Å². The summed E-state index contributed by atoms with van der Waals surface area (Å²) >= 11 is 0. The van der Waals surface area contributed by atoms with Crippen LogP contribution in [0.4, 0.5) is 0 Å². The molecule has 6 nitrogen and oxygen atoms in total. The molecule has 3 heterocycles. The van der Waals surface area contributed by atoms with Gasteiger partial charge in [0.25, 0.3) is 0 Å². The molecular formula is C28H34BN5O. The maximum Gasteiger partial charge on any atom is 0.246 e. The number of rotatable bonds is 9. The molecule has 0 aliphatic carbocycles. The highest BCUT2D eigenvalue weighted by atomic mass is 16.2. The Hall–Kier alpha value is -3.61. The van der Waals surface area contributed by atoms with E-state index in [2.05, 4.69) is 22.0 Å². The molecule has 2 aromatic heterocycles. The Labute approximate surface area is 210 Å². The predicted octanol–water partition coefficient (Wildman–Crippen LogP) is 3.84. The van der Waals surface area contributed by atoms with E-state index in [1.807, 2.05) is 74.4 Å². The van der Waals surface area contributed by atoms with E-state index in [-0.39, 0.29) is 11.8 Å². The molecule has 0 spiro atoms. The number of carbonyl (C=O) groups excluding carboxylic acids is 1. The molecule has 1 atom stereocenters. The smallest absolute Gasteiger partial charge is 0.246 e. The molecule has 180 valence electrons. The zero-order chi connectivity index (χ0) is 25.2. The second kappa shape index (κ2) is 12.7. The van der Waals surface area contributed by atoms with E-state index >= 15 is 0 Å². The fourth-order valence-electron chi connectivity index (χ4n) is 3.93. The van der Waals surface area contributed by atoms with Gasteiger partial charge in [0.05, 0.1) is 0 Å². The minimum Gasteiger partial charge on any atom is -0.366 e. The molecule has 3 rings (SSSR count). The van der Waals surface area contributed by atoms with Crippen molar-refractivity contribution in [3.05, 3.63) is 96.2 Å². The van der Waals surface area contributed by atoms with Crippen molar-refractivity contribution in [1.29, 1.82) is 0 Å². The van der Waals surface area contributed by atoms with Crippen molar-refractivity contribution in [2.45, 2.75) is 40.2 Å². The molecule has 1 fully saturated rings. The van der Waals surface area contributed by atoms with E-state index in [0.29, 0.717) is 18.6 Å². The van der Waals surface area contributed by atoms with Gasteiger partial charge < -0.3 is 10.2 Å². The quantitative estimate of drug-likeness (QED) is 0.346. The summed E-state index contributed by atoms with van der Waals surface area (Å²) in [4.78, 5) is 18.9. The van der Waals surface area contributed by atoms with Gasteiger partial charge in [-0.1, -0.05) is 48.0 Å². The number of hydrogen-bond donors (Lipinski definition) is 1. The maximum atomic E-state index is 12.8. The fourth-order valence-corrected chi connectivity index (χ4v) is 3.93. The molecule has 1 N–H and O–H groups in total. The molecule has 1 amide bonds. The second-order valence-corrected chi connectivity index (χ2v) is 8.81. The van der Waals surface area contributed by atoms with Gasteiger partial charge in [0.2, 0.25) is 5.91 Å². The summed E-state index contributed by atoms with van der Waals surface area (Å²) in [5, 5.41) is 7.91. The highest BCUT2D eigenvalue weighted by molar-refractivity contribution is 6.33. The van der Waals surface area contributed by atoms with Crippen LogP contribution in [0.25, 0.3) is 5.82 Å². The predicted molar refractivity (Wildman–Crippen MR) is 144 cm³/mol. The largest absolute Gasteiger partial charge is 0.366 e. The van der Waals surface area contributed by atoms with Crippen LogP contribution in [-0.4, -0.2) is 46.5 Å². The number of amides is 1. The molecule has 1 saturated heterocycles. The molecule has 0 aromatic carbocycles. The molecule has 7 heteroatoms. The first-order valence-electron chi connectivity index (χ1n) is 12.0. The van der Waals surface area contributed by atoms with Crippen molar-refractivity contribution in [3.63, 3.8) is 0 Å². The Morgan fingerprint density at radius 2 is 2.17 bits per heavy atom. The zero-order valence-corrected chi connectivity index (χ0v) is 20.9. The maximum absolute atomic E-state index is 12.8. The first-order valence-corrected chi connectivity index (χ1v) is 12.0. The van der Waals surface area contributed by atoms with Crippen molar-refractivity contribution in [3.8, 4) is 0 Å². The van der Waals surface area contributed by atoms with E-state index in [9.17, 15) is 4.79 Å².